The molecule has 22 heavy (non-hydrogen) atoms. The van der Waals surface area contributed by atoms with E-state index in [9.17, 15) is 5.11 Å². The average molecular weight is 301 g/mol. The molecular formula is C16H23N5O. The maximum absolute atomic E-state index is 10.2. The van der Waals surface area contributed by atoms with Crippen molar-refractivity contribution >= 4 is 0 Å². The Morgan fingerprint density at radius 3 is 2.82 bits per heavy atom. The predicted octanol–water partition coefficient (Wildman–Crippen LogP) is 1.53. The summed E-state index contributed by atoms with van der Waals surface area (Å²) in [6, 6.07) is 4.06. The normalized spacial score (nSPS) is 25.6. The van der Waals surface area contributed by atoms with Crippen LogP contribution in [0.25, 0.3) is 5.69 Å². The van der Waals surface area contributed by atoms with Gasteiger partial charge in [-0.2, -0.15) is 5.10 Å². The van der Waals surface area contributed by atoms with Gasteiger partial charge in [0.25, 0.3) is 0 Å². The van der Waals surface area contributed by atoms with Crippen molar-refractivity contribution in [2.24, 2.45) is 0 Å². The van der Waals surface area contributed by atoms with E-state index >= 15 is 0 Å². The molecule has 0 spiro atoms. The summed E-state index contributed by atoms with van der Waals surface area (Å²) in [5, 5.41) is 14.7. The first-order chi connectivity index (χ1) is 10.6. The lowest BCUT2D eigenvalue weighted by Gasteiger charge is -2.36. The molecule has 1 N–H and O–H groups in total. The van der Waals surface area contributed by atoms with Crippen molar-refractivity contribution in [3.05, 3.63) is 36.2 Å². The summed E-state index contributed by atoms with van der Waals surface area (Å²) in [6.07, 6.45) is 5.93. The number of nitrogens with zero attached hydrogens (tertiary/aromatic N) is 5. The van der Waals surface area contributed by atoms with Gasteiger partial charge in [0.2, 0.25) is 0 Å². The van der Waals surface area contributed by atoms with Crippen LogP contribution in [0.5, 0.6) is 0 Å². The van der Waals surface area contributed by atoms with E-state index in [1.807, 2.05) is 37.8 Å². The smallest absolute Gasteiger partial charge is 0.148 e. The van der Waals surface area contributed by atoms with Crippen LogP contribution in [0.4, 0.5) is 0 Å². The number of aliphatic hydroxyl groups is 1. The number of likely N-dealkylation sites (N-methyl/N-ethyl adjacent to an activating group) is 1. The lowest BCUT2D eigenvalue weighted by atomic mass is 9.82. The molecule has 3 rings (SSSR count). The van der Waals surface area contributed by atoms with E-state index < -0.39 is 0 Å². The van der Waals surface area contributed by atoms with Gasteiger partial charge in [0, 0.05) is 18.2 Å². The summed E-state index contributed by atoms with van der Waals surface area (Å²) in [7, 11) is 4.04. The highest BCUT2D eigenvalue weighted by Crippen LogP contribution is 2.34. The van der Waals surface area contributed by atoms with Crippen molar-refractivity contribution in [1.29, 1.82) is 0 Å². The van der Waals surface area contributed by atoms with Gasteiger partial charge in [0.15, 0.2) is 0 Å². The van der Waals surface area contributed by atoms with Crippen LogP contribution >= 0.6 is 0 Å². The summed E-state index contributed by atoms with van der Waals surface area (Å²) in [5.74, 6) is 2.05. The van der Waals surface area contributed by atoms with Crippen LogP contribution in [0, 0.1) is 6.92 Å². The van der Waals surface area contributed by atoms with Gasteiger partial charge in [-0.25, -0.2) is 9.67 Å². The summed E-state index contributed by atoms with van der Waals surface area (Å²) in [6.45, 7) is 1.91. The first-order valence-electron chi connectivity index (χ1n) is 7.74. The number of aromatic nitrogens is 4. The number of aryl methyl sites for hydroxylation is 1. The Balaban J connectivity index is 1.92. The van der Waals surface area contributed by atoms with Crippen LogP contribution in [0.3, 0.4) is 0 Å². The predicted molar refractivity (Wildman–Crippen MR) is 84.0 cm³/mol. The molecule has 2 heterocycles. The molecule has 6 nitrogen and oxygen atoms in total. The number of pyridine rings is 1. The van der Waals surface area contributed by atoms with Crippen LogP contribution in [0.15, 0.2) is 24.5 Å². The van der Waals surface area contributed by atoms with Crippen molar-refractivity contribution in [2.75, 3.05) is 14.1 Å². The largest absolute Gasteiger partial charge is 0.391 e. The van der Waals surface area contributed by atoms with Gasteiger partial charge in [-0.15, -0.1) is 0 Å². The third kappa shape index (κ3) is 2.89. The van der Waals surface area contributed by atoms with Crippen molar-refractivity contribution in [1.82, 2.24) is 24.6 Å². The second-order valence-corrected chi connectivity index (χ2v) is 6.25. The average Bonchev–Trinajstić information content (AvgIpc) is 2.90. The fourth-order valence-corrected chi connectivity index (χ4v) is 3.28. The van der Waals surface area contributed by atoms with Gasteiger partial charge in [-0.3, -0.25) is 4.98 Å². The first-order valence-corrected chi connectivity index (χ1v) is 7.74. The Kier molecular flexibility index (Phi) is 4.22. The minimum absolute atomic E-state index is 0.165. The molecule has 2 aromatic rings. The van der Waals surface area contributed by atoms with Crippen LogP contribution in [0.2, 0.25) is 0 Å². The Bertz CT molecular complexity index is 625. The van der Waals surface area contributed by atoms with Crippen molar-refractivity contribution in [3.63, 3.8) is 0 Å². The molecule has 0 bridgehead atoms. The molecule has 0 unspecified atom stereocenters. The zero-order valence-electron chi connectivity index (χ0n) is 13.3. The maximum atomic E-state index is 10.2. The third-order valence-electron chi connectivity index (χ3n) is 4.44. The van der Waals surface area contributed by atoms with E-state index in [0.717, 1.165) is 36.6 Å². The summed E-state index contributed by atoms with van der Waals surface area (Å²) in [4.78, 5) is 10.9. The molecule has 0 radical (unpaired) electrons. The number of aliphatic hydroxyl groups excluding tert-OH is 1. The van der Waals surface area contributed by atoms with Gasteiger partial charge < -0.3 is 10.0 Å². The fraction of sp³-hybridized carbons (Fsp3) is 0.562. The summed E-state index contributed by atoms with van der Waals surface area (Å²) in [5.41, 5.74) is 0.936. The van der Waals surface area contributed by atoms with Crippen molar-refractivity contribution in [3.8, 4) is 5.69 Å². The molecule has 0 aromatic carbocycles. The van der Waals surface area contributed by atoms with Crippen LogP contribution < -0.4 is 0 Å². The van der Waals surface area contributed by atoms with Crippen molar-refractivity contribution < 1.29 is 5.11 Å². The van der Waals surface area contributed by atoms with Gasteiger partial charge in [0.1, 0.15) is 11.6 Å². The molecule has 1 fully saturated rings. The van der Waals surface area contributed by atoms with E-state index in [4.69, 9.17) is 0 Å². The van der Waals surface area contributed by atoms with Crippen molar-refractivity contribution in [2.45, 2.75) is 44.2 Å². The van der Waals surface area contributed by atoms with Gasteiger partial charge in [-0.05, 0) is 52.4 Å². The fourth-order valence-electron chi connectivity index (χ4n) is 3.28. The molecule has 3 atom stereocenters. The molecule has 1 aliphatic rings. The first kappa shape index (κ1) is 15.1. The Morgan fingerprint density at radius 2 is 2.14 bits per heavy atom. The molecule has 1 saturated carbocycles. The summed E-state index contributed by atoms with van der Waals surface area (Å²) < 4.78 is 1.90. The Labute approximate surface area is 130 Å². The second-order valence-electron chi connectivity index (χ2n) is 6.25. The van der Waals surface area contributed by atoms with Crippen LogP contribution in [0.1, 0.15) is 36.8 Å². The van der Waals surface area contributed by atoms with Gasteiger partial charge in [-0.1, -0.05) is 0 Å². The Hall–Kier alpha value is -1.79. The van der Waals surface area contributed by atoms with Crippen LogP contribution in [-0.4, -0.2) is 56.0 Å². The monoisotopic (exact) mass is 301 g/mol. The molecule has 6 heteroatoms. The van der Waals surface area contributed by atoms with Crippen LogP contribution in [-0.2, 0) is 0 Å². The quantitative estimate of drug-likeness (QED) is 0.931. The third-order valence-corrected chi connectivity index (χ3v) is 4.44. The minimum Gasteiger partial charge on any atom is -0.391 e. The molecule has 0 amide bonds. The SMILES string of the molecule is Cc1nc([C@H]2CC[C@@H](O)[C@H](N(C)C)C2)n(-c2cccnc2)n1. The second kappa shape index (κ2) is 6.14. The number of rotatable bonds is 3. The van der Waals surface area contributed by atoms with E-state index in [1.54, 1.807) is 12.4 Å². The van der Waals surface area contributed by atoms with Gasteiger partial charge in [0.05, 0.1) is 18.0 Å². The lowest BCUT2D eigenvalue weighted by molar-refractivity contribution is 0.0352. The minimum atomic E-state index is -0.262. The maximum Gasteiger partial charge on any atom is 0.148 e. The number of hydrogen-bond acceptors (Lipinski definition) is 5. The lowest BCUT2D eigenvalue weighted by Crippen LogP contribution is -2.43. The Morgan fingerprint density at radius 1 is 1.32 bits per heavy atom. The highest BCUT2D eigenvalue weighted by atomic mass is 16.3. The van der Waals surface area contributed by atoms with Gasteiger partial charge >= 0.3 is 0 Å². The zero-order valence-corrected chi connectivity index (χ0v) is 13.3. The summed E-state index contributed by atoms with van der Waals surface area (Å²) >= 11 is 0. The number of hydrogen-bond donors (Lipinski definition) is 1. The standard InChI is InChI=1S/C16H23N5O/c1-11-18-16(21(19-11)13-5-4-8-17-10-13)12-6-7-15(22)14(9-12)20(2)3/h4-5,8,10,12,14-15,22H,6-7,9H2,1-3H3/t12-,14+,15+/m0/s1. The highest BCUT2D eigenvalue weighted by molar-refractivity contribution is 5.28. The van der Waals surface area contributed by atoms with E-state index in [-0.39, 0.29) is 12.1 Å². The molecule has 1 aliphatic carbocycles. The van der Waals surface area contributed by atoms with E-state index in [1.165, 1.54) is 0 Å². The molecule has 0 aliphatic heterocycles. The van der Waals surface area contributed by atoms with E-state index in [0.29, 0.717) is 5.92 Å². The molecule has 2 aromatic heterocycles. The van der Waals surface area contributed by atoms with E-state index in [2.05, 4.69) is 20.0 Å². The molecular weight excluding hydrogens is 278 g/mol. The highest BCUT2D eigenvalue weighted by Gasteiger charge is 2.34. The molecule has 118 valence electrons. The zero-order chi connectivity index (χ0) is 15.7. The molecule has 0 saturated heterocycles. The topological polar surface area (TPSA) is 67.1 Å².